The molecule has 3 aliphatic rings. The molecule has 150 valence electrons. The SMILES string of the molecule is O=C(CC1CCCC1)N1CCC(CN2C[C@H](O)[C@@H](O)[C@H](O)[C@@H]2CO)CC1. The Hall–Kier alpha value is -0.730. The summed E-state index contributed by atoms with van der Waals surface area (Å²) in [6.07, 6.45) is 4.05. The fourth-order valence-electron chi connectivity index (χ4n) is 4.88. The first kappa shape index (κ1) is 20.0. The third kappa shape index (κ3) is 4.57. The van der Waals surface area contributed by atoms with Gasteiger partial charge >= 0.3 is 0 Å². The van der Waals surface area contributed by atoms with E-state index in [1.54, 1.807) is 0 Å². The Kier molecular flexibility index (Phi) is 6.91. The van der Waals surface area contributed by atoms with Crippen molar-refractivity contribution >= 4 is 5.91 Å². The summed E-state index contributed by atoms with van der Waals surface area (Å²) in [7, 11) is 0. The molecule has 4 N–H and O–H groups in total. The molecule has 0 spiro atoms. The van der Waals surface area contributed by atoms with Crippen molar-refractivity contribution in [3.8, 4) is 0 Å². The van der Waals surface area contributed by atoms with Gasteiger partial charge in [0.05, 0.1) is 18.8 Å². The van der Waals surface area contributed by atoms with Crippen molar-refractivity contribution in [3.05, 3.63) is 0 Å². The van der Waals surface area contributed by atoms with Crippen LogP contribution in [0, 0.1) is 11.8 Å². The van der Waals surface area contributed by atoms with E-state index in [-0.39, 0.29) is 19.1 Å². The molecule has 1 aliphatic carbocycles. The molecule has 7 heteroatoms. The van der Waals surface area contributed by atoms with Crippen LogP contribution in [0.2, 0.25) is 0 Å². The van der Waals surface area contributed by atoms with Crippen LogP contribution in [0.4, 0.5) is 0 Å². The molecule has 0 aromatic rings. The number of aliphatic hydroxyl groups excluding tert-OH is 4. The summed E-state index contributed by atoms with van der Waals surface area (Å²) in [4.78, 5) is 16.3. The fraction of sp³-hybridized carbons (Fsp3) is 0.947. The zero-order chi connectivity index (χ0) is 18.7. The number of hydrogen-bond donors (Lipinski definition) is 4. The van der Waals surface area contributed by atoms with Crippen LogP contribution in [-0.4, -0.2) is 93.3 Å². The molecule has 2 heterocycles. The summed E-state index contributed by atoms with van der Waals surface area (Å²) < 4.78 is 0. The Morgan fingerprint density at radius 3 is 2.19 bits per heavy atom. The average Bonchev–Trinajstić information content (AvgIpc) is 3.14. The standard InChI is InChI=1S/C19H34N2O5/c22-12-15-18(25)19(26)16(23)11-21(15)10-14-5-7-20(8-6-14)17(24)9-13-3-1-2-4-13/h13-16,18-19,22-23,25-26H,1-12H2/t15-,16-,18+,19+/m0/s1. The van der Waals surface area contributed by atoms with E-state index >= 15 is 0 Å². The lowest BCUT2D eigenvalue weighted by molar-refractivity contribution is -0.148. The first-order chi connectivity index (χ1) is 12.5. The van der Waals surface area contributed by atoms with E-state index in [1.165, 1.54) is 25.7 Å². The first-order valence-electron chi connectivity index (χ1n) is 10.2. The van der Waals surface area contributed by atoms with Crippen molar-refractivity contribution in [2.24, 2.45) is 11.8 Å². The van der Waals surface area contributed by atoms with E-state index in [4.69, 9.17) is 0 Å². The van der Waals surface area contributed by atoms with Gasteiger partial charge in [0, 0.05) is 32.6 Å². The first-order valence-corrected chi connectivity index (χ1v) is 10.2. The van der Waals surface area contributed by atoms with E-state index in [0.29, 0.717) is 24.8 Å². The Morgan fingerprint density at radius 1 is 0.923 bits per heavy atom. The Balaban J connectivity index is 1.46. The number of rotatable bonds is 5. The zero-order valence-electron chi connectivity index (χ0n) is 15.5. The highest BCUT2D eigenvalue weighted by molar-refractivity contribution is 5.76. The van der Waals surface area contributed by atoms with Crippen molar-refractivity contribution < 1.29 is 25.2 Å². The van der Waals surface area contributed by atoms with E-state index in [1.807, 2.05) is 9.80 Å². The van der Waals surface area contributed by atoms with Gasteiger partial charge in [0.1, 0.15) is 12.2 Å². The van der Waals surface area contributed by atoms with Crippen LogP contribution in [0.1, 0.15) is 44.9 Å². The molecular weight excluding hydrogens is 336 g/mol. The van der Waals surface area contributed by atoms with Gasteiger partial charge in [-0.3, -0.25) is 9.69 Å². The number of carbonyl (C=O) groups is 1. The van der Waals surface area contributed by atoms with Gasteiger partial charge < -0.3 is 25.3 Å². The maximum atomic E-state index is 12.5. The quantitative estimate of drug-likeness (QED) is 0.523. The van der Waals surface area contributed by atoms with Crippen molar-refractivity contribution in [1.29, 1.82) is 0 Å². The predicted molar refractivity (Wildman–Crippen MR) is 96.3 cm³/mol. The Bertz CT molecular complexity index is 463. The molecule has 3 rings (SSSR count). The minimum Gasteiger partial charge on any atom is -0.395 e. The molecular formula is C19H34N2O5. The third-order valence-electron chi connectivity index (χ3n) is 6.61. The van der Waals surface area contributed by atoms with Crippen LogP contribution >= 0.6 is 0 Å². The highest BCUT2D eigenvalue weighted by atomic mass is 16.4. The summed E-state index contributed by atoms with van der Waals surface area (Å²) in [5.74, 6) is 1.23. The lowest BCUT2D eigenvalue weighted by atomic mass is 9.90. The van der Waals surface area contributed by atoms with Crippen LogP contribution in [-0.2, 0) is 4.79 Å². The number of piperidine rings is 2. The molecule has 26 heavy (non-hydrogen) atoms. The molecule has 7 nitrogen and oxygen atoms in total. The minimum atomic E-state index is -1.21. The van der Waals surface area contributed by atoms with E-state index in [9.17, 15) is 25.2 Å². The van der Waals surface area contributed by atoms with Crippen molar-refractivity contribution in [3.63, 3.8) is 0 Å². The van der Waals surface area contributed by atoms with Gasteiger partial charge in [0.15, 0.2) is 0 Å². The second-order valence-corrected chi connectivity index (χ2v) is 8.43. The molecule has 1 amide bonds. The van der Waals surface area contributed by atoms with Crippen molar-refractivity contribution in [2.75, 3.05) is 32.8 Å². The van der Waals surface area contributed by atoms with Gasteiger partial charge in [0.25, 0.3) is 0 Å². The maximum absolute atomic E-state index is 12.5. The second-order valence-electron chi connectivity index (χ2n) is 8.43. The molecule has 3 fully saturated rings. The highest BCUT2D eigenvalue weighted by Crippen LogP contribution is 2.29. The van der Waals surface area contributed by atoms with Gasteiger partial charge in [-0.2, -0.15) is 0 Å². The Morgan fingerprint density at radius 2 is 1.58 bits per heavy atom. The predicted octanol–water partition coefficient (Wildman–Crippen LogP) is -0.435. The largest absolute Gasteiger partial charge is 0.395 e. The van der Waals surface area contributed by atoms with Gasteiger partial charge in [-0.15, -0.1) is 0 Å². The molecule has 2 aliphatic heterocycles. The number of carbonyl (C=O) groups excluding carboxylic acids is 1. The summed E-state index contributed by atoms with van der Waals surface area (Å²) in [5.41, 5.74) is 0. The third-order valence-corrected chi connectivity index (χ3v) is 6.61. The zero-order valence-corrected chi connectivity index (χ0v) is 15.5. The molecule has 1 saturated carbocycles. The van der Waals surface area contributed by atoms with Crippen molar-refractivity contribution in [2.45, 2.75) is 69.3 Å². The highest BCUT2D eigenvalue weighted by Gasteiger charge is 2.41. The minimum absolute atomic E-state index is 0.246. The summed E-state index contributed by atoms with van der Waals surface area (Å²) >= 11 is 0. The average molecular weight is 370 g/mol. The molecule has 2 saturated heterocycles. The van der Waals surface area contributed by atoms with Gasteiger partial charge in [0.2, 0.25) is 5.91 Å². The number of hydrogen-bond acceptors (Lipinski definition) is 6. The number of likely N-dealkylation sites (tertiary alicyclic amines) is 2. The van der Waals surface area contributed by atoms with E-state index in [0.717, 1.165) is 25.9 Å². The van der Waals surface area contributed by atoms with Gasteiger partial charge in [-0.1, -0.05) is 12.8 Å². The molecule has 0 aromatic carbocycles. The topological polar surface area (TPSA) is 104 Å². The Labute approximate surface area is 155 Å². The smallest absolute Gasteiger partial charge is 0.222 e. The molecule has 0 aromatic heterocycles. The monoisotopic (exact) mass is 370 g/mol. The molecule has 0 radical (unpaired) electrons. The number of β-amino-alcohol motifs (C(OH)–C–C–N with tert-alkyl or cyclic N) is 1. The second kappa shape index (κ2) is 8.97. The molecule has 4 atom stereocenters. The fourth-order valence-corrected chi connectivity index (χ4v) is 4.88. The van der Waals surface area contributed by atoms with Crippen LogP contribution in [0.15, 0.2) is 0 Å². The lowest BCUT2D eigenvalue weighted by Crippen LogP contribution is -2.63. The van der Waals surface area contributed by atoms with Crippen molar-refractivity contribution in [1.82, 2.24) is 9.80 Å². The maximum Gasteiger partial charge on any atom is 0.222 e. The number of nitrogens with zero attached hydrogens (tertiary/aromatic N) is 2. The normalized spacial score (nSPS) is 35.2. The van der Waals surface area contributed by atoms with Gasteiger partial charge in [-0.05, 0) is 37.5 Å². The van der Waals surface area contributed by atoms with Crippen LogP contribution in [0.5, 0.6) is 0 Å². The van der Waals surface area contributed by atoms with Crippen LogP contribution < -0.4 is 0 Å². The lowest BCUT2D eigenvalue weighted by Gasteiger charge is -2.45. The molecule has 0 unspecified atom stereocenters. The summed E-state index contributed by atoms with van der Waals surface area (Å²) in [6.45, 7) is 2.20. The number of amides is 1. The summed E-state index contributed by atoms with van der Waals surface area (Å²) in [5, 5.41) is 39.4. The molecule has 0 bridgehead atoms. The van der Waals surface area contributed by atoms with Crippen LogP contribution in [0.3, 0.4) is 0 Å². The van der Waals surface area contributed by atoms with E-state index < -0.39 is 24.4 Å². The van der Waals surface area contributed by atoms with Gasteiger partial charge in [-0.25, -0.2) is 0 Å². The van der Waals surface area contributed by atoms with E-state index in [2.05, 4.69) is 0 Å². The number of aliphatic hydroxyl groups is 4. The van der Waals surface area contributed by atoms with Crippen LogP contribution in [0.25, 0.3) is 0 Å². The summed E-state index contributed by atoms with van der Waals surface area (Å²) in [6, 6.07) is -0.546.